The molecular formula is C15H16N2O. The standard InChI is InChI=1S/C15H16N2O/c1-10-4-3-5-12(8-10)15(18)17-14-9-13(16)7-6-11(14)2/h3-9H,16H2,1-2H3,(H,17,18). The molecule has 0 atom stereocenters. The Morgan fingerprint density at radius 2 is 1.89 bits per heavy atom. The largest absolute Gasteiger partial charge is 0.399 e. The Hall–Kier alpha value is -2.29. The van der Waals surface area contributed by atoms with Gasteiger partial charge in [0.15, 0.2) is 0 Å². The van der Waals surface area contributed by atoms with Crippen molar-refractivity contribution in [3.05, 3.63) is 59.2 Å². The number of anilines is 2. The van der Waals surface area contributed by atoms with E-state index in [1.807, 2.05) is 44.2 Å². The molecule has 18 heavy (non-hydrogen) atoms. The summed E-state index contributed by atoms with van der Waals surface area (Å²) < 4.78 is 0. The van der Waals surface area contributed by atoms with Gasteiger partial charge in [-0.1, -0.05) is 23.8 Å². The van der Waals surface area contributed by atoms with Crippen LogP contribution in [0.2, 0.25) is 0 Å². The molecule has 0 radical (unpaired) electrons. The molecule has 0 bridgehead atoms. The Bertz CT molecular complexity index is 591. The van der Waals surface area contributed by atoms with Crippen LogP contribution in [0.5, 0.6) is 0 Å². The van der Waals surface area contributed by atoms with E-state index in [1.54, 1.807) is 12.1 Å². The molecule has 1 amide bonds. The smallest absolute Gasteiger partial charge is 0.255 e. The van der Waals surface area contributed by atoms with Crippen molar-refractivity contribution in [1.82, 2.24) is 0 Å². The van der Waals surface area contributed by atoms with Gasteiger partial charge in [0.25, 0.3) is 5.91 Å². The van der Waals surface area contributed by atoms with Crippen molar-refractivity contribution in [3.8, 4) is 0 Å². The van der Waals surface area contributed by atoms with Gasteiger partial charge in [0.1, 0.15) is 0 Å². The lowest BCUT2D eigenvalue weighted by Crippen LogP contribution is -2.13. The van der Waals surface area contributed by atoms with Gasteiger partial charge in [-0.2, -0.15) is 0 Å². The van der Waals surface area contributed by atoms with Gasteiger partial charge in [0, 0.05) is 16.9 Å². The van der Waals surface area contributed by atoms with Crippen LogP contribution in [0.4, 0.5) is 11.4 Å². The van der Waals surface area contributed by atoms with E-state index < -0.39 is 0 Å². The average molecular weight is 240 g/mol. The van der Waals surface area contributed by atoms with Crippen molar-refractivity contribution < 1.29 is 4.79 Å². The number of carbonyl (C=O) groups excluding carboxylic acids is 1. The third kappa shape index (κ3) is 2.69. The molecule has 0 aliphatic heterocycles. The molecular weight excluding hydrogens is 224 g/mol. The van der Waals surface area contributed by atoms with Crippen LogP contribution in [0.25, 0.3) is 0 Å². The number of amides is 1. The summed E-state index contributed by atoms with van der Waals surface area (Å²) in [6.07, 6.45) is 0. The molecule has 2 aromatic rings. The van der Waals surface area contributed by atoms with Crippen LogP contribution >= 0.6 is 0 Å². The second kappa shape index (κ2) is 4.92. The number of benzene rings is 2. The van der Waals surface area contributed by atoms with Crippen LogP contribution in [0.3, 0.4) is 0 Å². The van der Waals surface area contributed by atoms with Crippen LogP contribution in [0.15, 0.2) is 42.5 Å². The summed E-state index contributed by atoms with van der Waals surface area (Å²) in [7, 11) is 0. The molecule has 3 N–H and O–H groups in total. The molecule has 0 aliphatic carbocycles. The van der Waals surface area contributed by atoms with Gasteiger partial charge >= 0.3 is 0 Å². The molecule has 0 heterocycles. The quantitative estimate of drug-likeness (QED) is 0.792. The summed E-state index contributed by atoms with van der Waals surface area (Å²) in [6, 6.07) is 13.0. The first-order chi connectivity index (χ1) is 8.56. The van der Waals surface area contributed by atoms with Gasteiger partial charge in [0.05, 0.1) is 0 Å². The topological polar surface area (TPSA) is 55.1 Å². The second-order valence-corrected chi connectivity index (χ2v) is 4.40. The van der Waals surface area contributed by atoms with Crippen LogP contribution in [0.1, 0.15) is 21.5 Å². The predicted molar refractivity (Wildman–Crippen MR) is 74.7 cm³/mol. The maximum atomic E-state index is 12.1. The Morgan fingerprint density at radius 3 is 2.61 bits per heavy atom. The van der Waals surface area contributed by atoms with E-state index in [0.717, 1.165) is 16.8 Å². The molecule has 92 valence electrons. The van der Waals surface area contributed by atoms with Gasteiger partial charge in [-0.15, -0.1) is 0 Å². The van der Waals surface area contributed by atoms with E-state index in [0.29, 0.717) is 11.3 Å². The number of rotatable bonds is 2. The molecule has 0 fully saturated rings. The fraction of sp³-hybridized carbons (Fsp3) is 0.133. The summed E-state index contributed by atoms with van der Waals surface area (Å²) in [4.78, 5) is 12.1. The fourth-order valence-electron chi connectivity index (χ4n) is 1.76. The number of aryl methyl sites for hydroxylation is 2. The number of hydrogen-bond donors (Lipinski definition) is 2. The maximum absolute atomic E-state index is 12.1. The zero-order valence-corrected chi connectivity index (χ0v) is 10.5. The Labute approximate surface area is 107 Å². The summed E-state index contributed by atoms with van der Waals surface area (Å²) in [5.74, 6) is -0.118. The van der Waals surface area contributed by atoms with Gasteiger partial charge in [-0.05, 0) is 43.7 Å². The van der Waals surface area contributed by atoms with Gasteiger partial charge in [0.2, 0.25) is 0 Å². The molecule has 0 aliphatic rings. The molecule has 2 rings (SSSR count). The zero-order chi connectivity index (χ0) is 13.1. The monoisotopic (exact) mass is 240 g/mol. The molecule has 0 aromatic heterocycles. The van der Waals surface area contributed by atoms with Crippen molar-refractivity contribution in [3.63, 3.8) is 0 Å². The predicted octanol–water partition coefficient (Wildman–Crippen LogP) is 3.14. The molecule has 2 aromatic carbocycles. The molecule has 3 nitrogen and oxygen atoms in total. The summed E-state index contributed by atoms with van der Waals surface area (Å²) >= 11 is 0. The summed E-state index contributed by atoms with van der Waals surface area (Å²) in [5, 5.41) is 2.88. The summed E-state index contributed by atoms with van der Waals surface area (Å²) in [6.45, 7) is 3.90. The molecule has 0 saturated carbocycles. The minimum Gasteiger partial charge on any atom is -0.399 e. The van der Waals surface area contributed by atoms with E-state index >= 15 is 0 Å². The lowest BCUT2D eigenvalue weighted by atomic mass is 10.1. The Kier molecular flexibility index (Phi) is 3.33. The minimum absolute atomic E-state index is 0.118. The Balaban J connectivity index is 2.24. The van der Waals surface area contributed by atoms with Crippen molar-refractivity contribution in [2.45, 2.75) is 13.8 Å². The van der Waals surface area contributed by atoms with E-state index in [-0.39, 0.29) is 5.91 Å². The fourth-order valence-corrected chi connectivity index (χ4v) is 1.76. The molecule has 0 spiro atoms. The van der Waals surface area contributed by atoms with Crippen LogP contribution in [-0.2, 0) is 0 Å². The minimum atomic E-state index is -0.118. The molecule has 3 heteroatoms. The van der Waals surface area contributed by atoms with Crippen molar-refractivity contribution in [2.24, 2.45) is 0 Å². The summed E-state index contributed by atoms with van der Waals surface area (Å²) in [5.41, 5.74) is 9.81. The van der Waals surface area contributed by atoms with Crippen LogP contribution in [-0.4, -0.2) is 5.91 Å². The lowest BCUT2D eigenvalue weighted by molar-refractivity contribution is 0.102. The number of hydrogen-bond acceptors (Lipinski definition) is 2. The lowest BCUT2D eigenvalue weighted by Gasteiger charge is -2.09. The first-order valence-corrected chi connectivity index (χ1v) is 5.80. The second-order valence-electron chi connectivity index (χ2n) is 4.40. The Morgan fingerprint density at radius 1 is 1.11 bits per heavy atom. The molecule has 0 unspecified atom stereocenters. The SMILES string of the molecule is Cc1cccc(C(=O)Nc2cc(N)ccc2C)c1. The normalized spacial score (nSPS) is 10.1. The first kappa shape index (κ1) is 12.2. The van der Waals surface area contributed by atoms with Crippen molar-refractivity contribution >= 4 is 17.3 Å². The number of carbonyl (C=O) groups is 1. The highest BCUT2D eigenvalue weighted by Gasteiger charge is 2.07. The molecule has 0 saturated heterocycles. The van der Waals surface area contributed by atoms with Gasteiger partial charge in [-0.25, -0.2) is 0 Å². The number of nitrogens with one attached hydrogen (secondary N) is 1. The van der Waals surface area contributed by atoms with E-state index in [4.69, 9.17) is 5.73 Å². The maximum Gasteiger partial charge on any atom is 0.255 e. The zero-order valence-electron chi connectivity index (χ0n) is 10.5. The van der Waals surface area contributed by atoms with E-state index in [2.05, 4.69) is 5.32 Å². The highest BCUT2D eigenvalue weighted by atomic mass is 16.1. The van der Waals surface area contributed by atoms with Gasteiger partial charge < -0.3 is 11.1 Å². The van der Waals surface area contributed by atoms with Gasteiger partial charge in [-0.3, -0.25) is 4.79 Å². The first-order valence-electron chi connectivity index (χ1n) is 5.80. The third-order valence-corrected chi connectivity index (χ3v) is 2.79. The van der Waals surface area contributed by atoms with Crippen LogP contribution < -0.4 is 11.1 Å². The highest BCUT2D eigenvalue weighted by Crippen LogP contribution is 2.19. The van der Waals surface area contributed by atoms with E-state index in [9.17, 15) is 4.79 Å². The average Bonchev–Trinajstić information content (AvgIpc) is 2.34. The number of nitrogens with two attached hydrogens (primary N) is 1. The number of nitrogen functional groups attached to an aromatic ring is 1. The van der Waals surface area contributed by atoms with Crippen molar-refractivity contribution in [2.75, 3.05) is 11.1 Å². The van der Waals surface area contributed by atoms with E-state index in [1.165, 1.54) is 0 Å². The third-order valence-electron chi connectivity index (χ3n) is 2.79. The van der Waals surface area contributed by atoms with Crippen LogP contribution in [0, 0.1) is 13.8 Å². The van der Waals surface area contributed by atoms with Crippen molar-refractivity contribution in [1.29, 1.82) is 0 Å². The highest BCUT2D eigenvalue weighted by molar-refractivity contribution is 6.04.